The van der Waals surface area contributed by atoms with Crippen molar-refractivity contribution < 1.29 is 9.53 Å². The molecule has 20 heavy (non-hydrogen) atoms. The Bertz CT molecular complexity index is 557. The molecule has 1 amide bonds. The zero-order valence-electron chi connectivity index (χ0n) is 11.4. The number of nitrogens with zero attached hydrogens (tertiary/aromatic N) is 1. The van der Waals surface area contributed by atoms with Crippen LogP contribution in [0.25, 0.3) is 0 Å². The lowest BCUT2D eigenvalue weighted by atomic mass is 10.3. The summed E-state index contributed by atoms with van der Waals surface area (Å²) in [5, 5.41) is 9.21. The highest BCUT2D eigenvalue weighted by atomic mass is 32.2. The predicted molar refractivity (Wildman–Crippen MR) is 80.1 cm³/mol. The topological polar surface area (TPSA) is 67.0 Å². The third kappa shape index (κ3) is 3.54. The largest absolute Gasteiger partial charge is 0.491 e. The van der Waals surface area contributed by atoms with E-state index in [0.717, 1.165) is 11.3 Å². The number of amides is 1. The maximum atomic E-state index is 12.3. The van der Waals surface area contributed by atoms with Crippen molar-refractivity contribution in [3.63, 3.8) is 0 Å². The van der Waals surface area contributed by atoms with Crippen molar-refractivity contribution in [2.24, 2.45) is 0 Å². The first-order valence-corrected chi connectivity index (χ1v) is 7.22. The van der Waals surface area contributed by atoms with E-state index in [9.17, 15) is 4.79 Å². The van der Waals surface area contributed by atoms with Gasteiger partial charge in [-0.05, 0) is 18.6 Å². The standard InChI is InChI=1S/C14H17N3O2S/c1-3-12(20-10-7-5-4-6-8-10)14(18)16-13-11(19-2)9-15-17-13/h4-9,12H,3H2,1-2H3,(H2,15,16,17,18). The summed E-state index contributed by atoms with van der Waals surface area (Å²) in [5.41, 5.74) is 0. The van der Waals surface area contributed by atoms with Gasteiger partial charge in [0.15, 0.2) is 11.6 Å². The second-order valence-corrected chi connectivity index (χ2v) is 5.41. The van der Waals surface area contributed by atoms with Gasteiger partial charge in [0.1, 0.15) is 0 Å². The van der Waals surface area contributed by atoms with Crippen molar-refractivity contribution in [3.05, 3.63) is 36.5 Å². The number of hydrogen-bond donors (Lipinski definition) is 2. The SMILES string of the molecule is CCC(Sc1ccccc1)C(=O)Nc1[nH]ncc1OC. The maximum Gasteiger partial charge on any atom is 0.239 e. The lowest BCUT2D eigenvalue weighted by Crippen LogP contribution is -2.24. The molecule has 0 fully saturated rings. The van der Waals surface area contributed by atoms with Crippen molar-refractivity contribution in [1.82, 2.24) is 10.2 Å². The van der Waals surface area contributed by atoms with Crippen LogP contribution in [0.1, 0.15) is 13.3 Å². The summed E-state index contributed by atoms with van der Waals surface area (Å²) in [6.45, 7) is 1.99. The fourth-order valence-corrected chi connectivity index (χ4v) is 2.68. The van der Waals surface area contributed by atoms with Crippen LogP contribution in [0.5, 0.6) is 5.75 Å². The van der Waals surface area contributed by atoms with Gasteiger partial charge in [0.25, 0.3) is 0 Å². The number of benzene rings is 1. The Morgan fingerprint density at radius 3 is 2.85 bits per heavy atom. The molecule has 2 N–H and O–H groups in total. The first-order chi connectivity index (χ1) is 9.74. The molecule has 5 nitrogen and oxygen atoms in total. The number of ether oxygens (including phenoxy) is 1. The van der Waals surface area contributed by atoms with Crippen LogP contribution < -0.4 is 10.1 Å². The quantitative estimate of drug-likeness (QED) is 0.803. The third-order valence-corrected chi connectivity index (χ3v) is 4.13. The molecule has 0 saturated carbocycles. The van der Waals surface area contributed by atoms with Crippen molar-refractivity contribution in [2.75, 3.05) is 12.4 Å². The third-order valence-electron chi connectivity index (χ3n) is 2.76. The van der Waals surface area contributed by atoms with E-state index in [1.807, 2.05) is 37.3 Å². The smallest absolute Gasteiger partial charge is 0.239 e. The van der Waals surface area contributed by atoms with E-state index in [-0.39, 0.29) is 11.2 Å². The van der Waals surface area contributed by atoms with E-state index in [2.05, 4.69) is 15.5 Å². The molecule has 0 saturated heterocycles. The average molecular weight is 291 g/mol. The number of H-pyrrole nitrogens is 1. The average Bonchev–Trinajstić information content (AvgIpc) is 2.92. The molecular weight excluding hydrogens is 274 g/mol. The molecule has 1 aromatic heterocycles. The number of aromatic amines is 1. The Morgan fingerprint density at radius 1 is 1.45 bits per heavy atom. The number of anilines is 1. The van der Waals surface area contributed by atoms with Crippen LogP contribution in [0.15, 0.2) is 41.4 Å². The van der Waals surface area contributed by atoms with Crippen LogP contribution in [0.3, 0.4) is 0 Å². The Balaban J connectivity index is 2.02. The van der Waals surface area contributed by atoms with Crippen LogP contribution in [0.4, 0.5) is 5.82 Å². The molecule has 0 aliphatic rings. The van der Waals surface area contributed by atoms with Crippen molar-refractivity contribution >= 4 is 23.5 Å². The van der Waals surface area contributed by atoms with Gasteiger partial charge in [0.2, 0.25) is 5.91 Å². The molecule has 1 heterocycles. The van der Waals surface area contributed by atoms with Crippen molar-refractivity contribution in [2.45, 2.75) is 23.5 Å². The molecule has 106 valence electrons. The van der Waals surface area contributed by atoms with E-state index in [1.54, 1.807) is 11.8 Å². The predicted octanol–water partition coefficient (Wildman–Crippen LogP) is 2.93. The Labute approximate surface area is 122 Å². The number of aromatic nitrogens is 2. The molecule has 1 atom stereocenters. The van der Waals surface area contributed by atoms with Gasteiger partial charge >= 0.3 is 0 Å². The van der Waals surface area contributed by atoms with Gasteiger partial charge in [-0.1, -0.05) is 25.1 Å². The van der Waals surface area contributed by atoms with E-state index in [1.165, 1.54) is 13.3 Å². The molecule has 0 aliphatic carbocycles. The summed E-state index contributed by atoms with van der Waals surface area (Å²) in [6.07, 6.45) is 2.27. The summed E-state index contributed by atoms with van der Waals surface area (Å²) in [4.78, 5) is 13.4. The molecule has 2 aromatic rings. The number of rotatable bonds is 6. The summed E-state index contributed by atoms with van der Waals surface area (Å²) in [7, 11) is 1.54. The lowest BCUT2D eigenvalue weighted by molar-refractivity contribution is -0.115. The number of nitrogens with one attached hydrogen (secondary N) is 2. The summed E-state index contributed by atoms with van der Waals surface area (Å²) >= 11 is 1.54. The molecule has 0 aliphatic heterocycles. The van der Waals surface area contributed by atoms with Gasteiger partial charge in [0, 0.05) is 4.90 Å². The summed E-state index contributed by atoms with van der Waals surface area (Å²) in [6, 6.07) is 9.88. The van der Waals surface area contributed by atoms with Crippen LogP contribution in [0.2, 0.25) is 0 Å². The van der Waals surface area contributed by atoms with Gasteiger partial charge in [-0.2, -0.15) is 5.10 Å². The number of thioether (sulfide) groups is 1. The summed E-state index contributed by atoms with van der Waals surface area (Å²) < 4.78 is 5.10. The summed E-state index contributed by atoms with van der Waals surface area (Å²) in [5.74, 6) is 0.950. The minimum atomic E-state index is -0.162. The molecule has 1 aromatic carbocycles. The highest BCUT2D eigenvalue weighted by molar-refractivity contribution is 8.00. The van der Waals surface area contributed by atoms with E-state index in [0.29, 0.717) is 11.6 Å². The van der Waals surface area contributed by atoms with Gasteiger partial charge in [-0.25, -0.2) is 0 Å². The molecule has 1 unspecified atom stereocenters. The monoisotopic (exact) mass is 291 g/mol. The van der Waals surface area contributed by atoms with Crippen LogP contribution in [-0.2, 0) is 4.79 Å². The number of carbonyl (C=O) groups excluding carboxylic acids is 1. The van der Waals surface area contributed by atoms with E-state index < -0.39 is 0 Å². The number of carbonyl (C=O) groups is 1. The first kappa shape index (κ1) is 14.5. The van der Waals surface area contributed by atoms with Crippen LogP contribution in [0, 0.1) is 0 Å². The fourth-order valence-electron chi connectivity index (χ4n) is 1.71. The van der Waals surface area contributed by atoms with Crippen molar-refractivity contribution in [1.29, 1.82) is 0 Å². The van der Waals surface area contributed by atoms with Crippen molar-refractivity contribution in [3.8, 4) is 5.75 Å². The van der Waals surface area contributed by atoms with Gasteiger partial charge in [-0.15, -0.1) is 11.8 Å². The lowest BCUT2D eigenvalue weighted by Gasteiger charge is -2.14. The highest BCUT2D eigenvalue weighted by Gasteiger charge is 2.19. The molecule has 0 spiro atoms. The molecular formula is C14H17N3O2S. The zero-order valence-corrected chi connectivity index (χ0v) is 12.2. The minimum Gasteiger partial charge on any atom is -0.491 e. The Hall–Kier alpha value is -1.95. The maximum absolute atomic E-state index is 12.3. The van der Waals surface area contributed by atoms with Crippen LogP contribution >= 0.6 is 11.8 Å². The minimum absolute atomic E-state index is 0.0658. The normalized spacial score (nSPS) is 11.9. The Morgan fingerprint density at radius 2 is 2.20 bits per heavy atom. The fraction of sp³-hybridized carbons (Fsp3) is 0.286. The van der Waals surface area contributed by atoms with E-state index in [4.69, 9.17) is 4.74 Å². The van der Waals surface area contributed by atoms with E-state index >= 15 is 0 Å². The first-order valence-electron chi connectivity index (χ1n) is 6.34. The van der Waals surface area contributed by atoms with Crippen LogP contribution in [-0.4, -0.2) is 28.5 Å². The zero-order chi connectivity index (χ0) is 14.4. The molecule has 0 radical (unpaired) electrons. The number of methoxy groups -OCH3 is 1. The second-order valence-electron chi connectivity index (χ2n) is 4.13. The molecule has 6 heteroatoms. The molecule has 0 bridgehead atoms. The van der Waals surface area contributed by atoms with Gasteiger partial charge < -0.3 is 10.1 Å². The van der Waals surface area contributed by atoms with Gasteiger partial charge in [0.05, 0.1) is 18.6 Å². The highest BCUT2D eigenvalue weighted by Crippen LogP contribution is 2.27. The number of hydrogen-bond acceptors (Lipinski definition) is 4. The van der Waals surface area contributed by atoms with Gasteiger partial charge in [-0.3, -0.25) is 9.89 Å². The Kier molecular flexibility index (Phi) is 5.06. The second kappa shape index (κ2) is 7.00. The molecule has 2 rings (SSSR count).